The molecule has 3 aromatic rings. The zero-order valence-corrected chi connectivity index (χ0v) is 21.7. The number of ether oxygens (including phenoxy) is 1. The second-order valence-corrected chi connectivity index (χ2v) is 10.5. The summed E-state index contributed by atoms with van der Waals surface area (Å²) in [7, 11) is 0. The minimum Gasteiger partial charge on any atom is -0.484 e. The molecule has 2 aliphatic rings. The highest BCUT2D eigenvalue weighted by molar-refractivity contribution is 7.10. The summed E-state index contributed by atoms with van der Waals surface area (Å²) >= 11 is 1.82. The standard InChI is InChI=1S/C29H33N3O3S/c1-21-8-6-7-11-24(21)28-25-13-19-36-26(25)12-14-32(28)22(2)29(34)31-17-15-30(16-18-31)27(33)20-35-23-9-4-3-5-10-23/h3-11,13,19,22,28H,12,14-18,20H2,1-2H3/t22-,28+/m0/s1. The number of carbonyl (C=O) groups excluding carboxylic acids is 2. The second kappa shape index (κ2) is 10.8. The van der Waals surface area contributed by atoms with Crippen LogP contribution in [0.25, 0.3) is 0 Å². The number of aryl methyl sites for hydroxylation is 1. The fraction of sp³-hybridized carbons (Fsp3) is 0.379. The molecule has 188 valence electrons. The van der Waals surface area contributed by atoms with Crippen molar-refractivity contribution in [3.63, 3.8) is 0 Å². The smallest absolute Gasteiger partial charge is 0.260 e. The van der Waals surface area contributed by atoms with Crippen LogP contribution in [0.2, 0.25) is 0 Å². The fourth-order valence-corrected chi connectivity index (χ4v) is 6.23. The van der Waals surface area contributed by atoms with Crippen molar-refractivity contribution in [3.8, 4) is 5.75 Å². The zero-order valence-electron chi connectivity index (χ0n) is 20.9. The molecule has 0 saturated carbocycles. The number of fused-ring (bicyclic) bond motifs is 1. The van der Waals surface area contributed by atoms with Crippen molar-refractivity contribution in [1.29, 1.82) is 0 Å². The van der Waals surface area contributed by atoms with E-state index >= 15 is 0 Å². The van der Waals surface area contributed by atoms with Crippen LogP contribution in [0.4, 0.5) is 0 Å². The lowest BCUT2D eigenvalue weighted by Gasteiger charge is -2.43. The van der Waals surface area contributed by atoms with E-state index in [9.17, 15) is 9.59 Å². The van der Waals surface area contributed by atoms with E-state index < -0.39 is 0 Å². The Morgan fingerprint density at radius 2 is 1.61 bits per heavy atom. The highest BCUT2D eigenvalue weighted by Gasteiger charge is 2.37. The normalized spacial score (nSPS) is 19.0. The molecule has 2 aliphatic heterocycles. The minimum atomic E-state index is -0.244. The summed E-state index contributed by atoms with van der Waals surface area (Å²) in [6.45, 7) is 7.23. The van der Waals surface area contributed by atoms with Gasteiger partial charge in [-0.05, 0) is 60.5 Å². The first kappa shape index (κ1) is 24.5. The first-order valence-electron chi connectivity index (χ1n) is 12.6. The van der Waals surface area contributed by atoms with Crippen LogP contribution in [-0.4, -0.2) is 71.9 Å². The predicted molar refractivity (Wildman–Crippen MR) is 142 cm³/mol. The third-order valence-corrected chi connectivity index (χ3v) is 8.39. The Morgan fingerprint density at radius 3 is 2.36 bits per heavy atom. The molecule has 0 radical (unpaired) electrons. The van der Waals surface area contributed by atoms with Gasteiger partial charge in [-0.25, -0.2) is 0 Å². The van der Waals surface area contributed by atoms with Crippen LogP contribution in [0.15, 0.2) is 66.0 Å². The van der Waals surface area contributed by atoms with Crippen molar-refractivity contribution in [1.82, 2.24) is 14.7 Å². The molecule has 0 aliphatic carbocycles. The lowest BCUT2D eigenvalue weighted by molar-refractivity contribution is -0.144. The Kier molecular flexibility index (Phi) is 7.39. The summed E-state index contributed by atoms with van der Waals surface area (Å²) < 4.78 is 5.62. The molecule has 0 bridgehead atoms. The van der Waals surface area contributed by atoms with Gasteiger partial charge in [-0.3, -0.25) is 14.5 Å². The van der Waals surface area contributed by atoms with E-state index in [4.69, 9.17) is 4.74 Å². The summed E-state index contributed by atoms with van der Waals surface area (Å²) in [5, 5.41) is 2.17. The zero-order chi connectivity index (χ0) is 25.1. The van der Waals surface area contributed by atoms with Gasteiger partial charge in [0.1, 0.15) is 5.75 Å². The highest BCUT2D eigenvalue weighted by Crippen LogP contribution is 2.40. The molecule has 2 aromatic carbocycles. The number of carbonyl (C=O) groups is 2. The lowest BCUT2D eigenvalue weighted by Crippen LogP contribution is -2.56. The van der Waals surface area contributed by atoms with Crippen molar-refractivity contribution >= 4 is 23.2 Å². The van der Waals surface area contributed by atoms with Gasteiger partial charge in [0.2, 0.25) is 5.91 Å². The van der Waals surface area contributed by atoms with Gasteiger partial charge in [0.15, 0.2) is 6.61 Å². The van der Waals surface area contributed by atoms with Crippen LogP contribution in [0.5, 0.6) is 5.75 Å². The maximum Gasteiger partial charge on any atom is 0.260 e. The topological polar surface area (TPSA) is 53.1 Å². The Bertz CT molecular complexity index is 1200. The number of nitrogens with zero attached hydrogens (tertiary/aromatic N) is 3. The molecule has 0 N–H and O–H groups in total. The molecule has 6 nitrogen and oxygen atoms in total. The van der Waals surface area contributed by atoms with E-state index in [2.05, 4.69) is 47.5 Å². The average molecular weight is 504 g/mol. The van der Waals surface area contributed by atoms with Crippen LogP contribution >= 0.6 is 11.3 Å². The quantitative estimate of drug-likeness (QED) is 0.507. The number of para-hydroxylation sites is 1. The van der Waals surface area contributed by atoms with E-state index in [0.29, 0.717) is 31.9 Å². The van der Waals surface area contributed by atoms with E-state index in [-0.39, 0.29) is 30.5 Å². The maximum absolute atomic E-state index is 13.7. The molecule has 5 rings (SSSR count). The highest BCUT2D eigenvalue weighted by atomic mass is 32.1. The third kappa shape index (κ3) is 5.04. The number of piperazine rings is 1. The Hall–Kier alpha value is -3.16. The molecule has 36 heavy (non-hydrogen) atoms. The second-order valence-electron chi connectivity index (χ2n) is 9.53. The SMILES string of the molecule is Cc1ccccc1[C@@H]1c2ccsc2CCN1[C@@H](C)C(=O)N1CCN(C(=O)COc2ccccc2)CC1. The van der Waals surface area contributed by atoms with E-state index in [0.717, 1.165) is 13.0 Å². The fourth-order valence-electron chi connectivity index (χ4n) is 5.33. The van der Waals surface area contributed by atoms with E-state index in [1.807, 2.05) is 53.5 Å². The first-order valence-corrected chi connectivity index (χ1v) is 13.5. The molecular weight excluding hydrogens is 470 g/mol. The Balaban J connectivity index is 1.23. The van der Waals surface area contributed by atoms with Gasteiger partial charge < -0.3 is 14.5 Å². The van der Waals surface area contributed by atoms with Crippen LogP contribution < -0.4 is 4.74 Å². The van der Waals surface area contributed by atoms with Crippen molar-refractivity contribution in [2.75, 3.05) is 39.3 Å². The molecular formula is C29H33N3O3S. The first-order chi connectivity index (χ1) is 17.5. The van der Waals surface area contributed by atoms with Gasteiger partial charge in [0.25, 0.3) is 5.91 Å². The largest absolute Gasteiger partial charge is 0.484 e. The molecule has 1 aromatic heterocycles. The van der Waals surface area contributed by atoms with Crippen molar-refractivity contribution < 1.29 is 14.3 Å². The van der Waals surface area contributed by atoms with Gasteiger partial charge in [0, 0.05) is 37.6 Å². The molecule has 7 heteroatoms. The number of amides is 2. The number of rotatable bonds is 6. The van der Waals surface area contributed by atoms with Crippen molar-refractivity contribution in [2.24, 2.45) is 0 Å². The summed E-state index contributed by atoms with van der Waals surface area (Å²) in [6.07, 6.45) is 0.969. The number of thiophene rings is 1. The van der Waals surface area contributed by atoms with Crippen LogP contribution in [0.3, 0.4) is 0 Å². The maximum atomic E-state index is 13.7. The van der Waals surface area contributed by atoms with E-state index in [1.165, 1.54) is 21.6 Å². The Labute approximate surface area is 217 Å². The molecule has 0 unspecified atom stereocenters. The molecule has 0 spiro atoms. The summed E-state index contributed by atoms with van der Waals surface area (Å²) in [6, 6.07) is 19.9. The molecule has 2 amide bonds. The van der Waals surface area contributed by atoms with Gasteiger partial charge in [0.05, 0.1) is 12.1 Å². The monoisotopic (exact) mass is 503 g/mol. The summed E-state index contributed by atoms with van der Waals surface area (Å²) in [5.74, 6) is 0.784. The third-order valence-electron chi connectivity index (χ3n) is 7.39. The van der Waals surface area contributed by atoms with Gasteiger partial charge >= 0.3 is 0 Å². The summed E-state index contributed by atoms with van der Waals surface area (Å²) in [4.78, 5) is 33.8. The van der Waals surface area contributed by atoms with Crippen LogP contribution in [0.1, 0.15) is 34.5 Å². The number of hydrogen-bond donors (Lipinski definition) is 0. The van der Waals surface area contributed by atoms with Crippen LogP contribution in [-0.2, 0) is 16.0 Å². The summed E-state index contributed by atoms with van der Waals surface area (Å²) in [5.41, 5.74) is 3.84. The predicted octanol–water partition coefficient (Wildman–Crippen LogP) is 4.14. The minimum absolute atomic E-state index is 0.0171. The molecule has 1 fully saturated rings. The number of hydrogen-bond acceptors (Lipinski definition) is 5. The average Bonchev–Trinajstić information content (AvgIpc) is 3.40. The van der Waals surface area contributed by atoms with Crippen molar-refractivity contribution in [3.05, 3.63) is 87.6 Å². The Morgan fingerprint density at radius 1 is 0.917 bits per heavy atom. The van der Waals surface area contributed by atoms with Gasteiger partial charge in [-0.1, -0.05) is 42.5 Å². The number of benzene rings is 2. The lowest BCUT2D eigenvalue weighted by atomic mass is 9.89. The van der Waals surface area contributed by atoms with Crippen LogP contribution in [0, 0.1) is 6.92 Å². The molecule has 3 heterocycles. The molecule has 2 atom stereocenters. The van der Waals surface area contributed by atoms with Gasteiger partial charge in [-0.15, -0.1) is 11.3 Å². The van der Waals surface area contributed by atoms with Crippen molar-refractivity contribution in [2.45, 2.75) is 32.4 Å². The molecule has 1 saturated heterocycles. The van der Waals surface area contributed by atoms with Gasteiger partial charge in [-0.2, -0.15) is 0 Å². The van der Waals surface area contributed by atoms with E-state index in [1.54, 1.807) is 4.90 Å².